The Morgan fingerprint density at radius 2 is 1.83 bits per heavy atom. The van der Waals surface area contributed by atoms with Crippen LogP contribution in [0.5, 0.6) is 0 Å². The minimum absolute atomic E-state index is 0.133. The smallest absolute Gasteiger partial charge is 0.211 e. The molecule has 2 aromatic carbocycles. The zero-order valence-electron chi connectivity index (χ0n) is 20.3. The number of H-pyrrole nitrogens is 1. The molecular formula is C28H27N7O. The number of aromatic amines is 1. The summed E-state index contributed by atoms with van der Waals surface area (Å²) in [4.78, 5) is 22.8. The lowest BCUT2D eigenvalue weighted by atomic mass is 9.91. The lowest BCUT2D eigenvalue weighted by Gasteiger charge is -2.15. The van der Waals surface area contributed by atoms with Crippen molar-refractivity contribution in [3.63, 3.8) is 0 Å². The van der Waals surface area contributed by atoms with Gasteiger partial charge in [-0.2, -0.15) is 0 Å². The average Bonchev–Trinajstić information content (AvgIpc) is 3.57. The van der Waals surface area contributed by atoms with E-state index in [0.717, 1.165) is 53.0 Å². The van der Waals surface area contributed by atoms with E-state index in [-0.39, 0.29) is 5.78 Å². The van der Waals surface area contributed by atoms with Gasteiger partial charge in [0, 0.05) is 36.5 Å². The third kappa shape index (κ3) is 4.84. The van der Waals surface area contributed by atoms with Crippen molar-refractivity contribution in [2.24, 2.45) is 0 Å². The Hall–Kier alpha value is -4.46. The highest BCUT2D eigenvalue weighted by Gasteiger charge is 2.20. The van der Waals surface area contributed by atoms with Gasteiger partial charge >= 0.3 is 0 Å². The summed E-state index contributed by atoms with van der Waals surface area (Å²) in [7, 11) is 0. The summed E-state index contributed by atoms with van der Waals surface area (Å²) >= 11 is 0. The minimum Gasteiger partial charge on any atom is -0.330 e. The van der Waals surface area contributed by atoms with Crippen molar-refractivity contribution in [2.75, 3.05) is 0 Å². The molecule has 5 aromatic rings. The van der Waals surface area contributed by atoms with Gasteiger partial charge < -0.3 is 4.57 Å². The zero-order valence-corrected chi connectivity index (χ0v) is 20.3. The molecule has 8 heteroatoms. The van der Waals surface area contributed by atoms with Crippen molar-refractivity contribution in [3.05, 3.63) is 101 Å². The van der Waals surface area contributed by atoms with Gasteiger partial charge in [-0.05, 0) is 58.7 Å². The number of tetrazole rings is 1. The molecule has 0 aliphatic rings. The Morgan fingerprint density at radius 3 is 2.58 bits per heavy atom. The van der Waals surface area contributed by atoms with Crippen molar-refractivity contribution >= 4 is 5.78 Å². The monoisotopic (exact) mass is 477 g/mol. The summed E-state index contributed by atoms with van der Waals surface area (Å²) in [6.07, 6.45) is 6.85. The molecule has 5 rings (SSSR count). The highest BCUT2D eigenvalue weighted by atomic mass is 16.1. The fraction of sp³-hybridized carbons (Fsp3) is 0.214. The number of aromatic nitrogens is 7. The highest BCUT2D eigenvalue weighted by molar-refractivity contribution is 6.12. The number of nitrogens with zero attached hydrogens (tertiary/aromatic N) is 6. The second kappa shape index (κ2) is 10.4. The summed E-state index contributed by atoms with van der Waals surface area (Å²) in [6.45, 7) is 4.83. The number of ketones is 1. The first-order chi connectivity index (χ1) is 17.6. The number of aryl methyl sites for hydroxylation is 2. The topological polar surface area (TPSA) is 102 Å². The SMILES string of the molecule is CCCCc1nc(C)cn1Cc1ccc(-c2ccccc2-c2nnn[nH]2)c(C(=O)c2ccccn2)c1. The predicted molar refractivity (Wildman–Crippen MR) is 137 cm³/mol. The van der Waals surface area contributed by atoms with Gasteiger partial charge in [0.15, 0.2) is 5.82 Å². The van der Waals surface area contributed by atoms with E-state index in [9.17, 15) is 4.79 Å². The number of nitrogens with one attached hydrogen (secondary N) is 1. The van der Waals surface area contributed by atoms with E-state index in [1.165, 1.54) is 0 Å². The predicted octanol–water partition coefficient (Wildman–Crippen LogP) is 5.06. The molecule has 0 saturated carbocycles. The number of pyridine rings is 1. The van der Waals surface area contributed by atoms with Crippen LogP contribution in [-0.4, -0.2) is 40.9 Å². The van der Waals surface area contributed by atoms with Crippen molar-refractivity contribution in [3.8, 4) is 22.5 Å². The number of carbonyl (C=O) groups is 1. The number of benzene rings is 2. The molecule has 0 fully saturated rings. The van der Waals surface area contributed by atoms with Crippen LogP contribution in [-0.2, 0) is 13.0 Å². The van der Waals surface area contributed by atoms with E-state index in [1.54, 1.807) is 18.3 Å². The van der Waals surface area contributed by atoms with Gasteiger partial charge in [0.1, 0.15) is 11.5 Å². The van der Waals surface area contributed by atoms with E-state index < -0.39 is 0 Å². The van der Waals surface area contributed by atoms with Crippen LogP contribution in [0.25, 0.3) is 22.5 Å². The Labute approximate surface area is 209 Å². The second-order valence-corrected chi connectivity index (χ2v) is 8.75. The molecule has 3 aromatic heterocycles. The lowest BCUT2D eigenvalue weighted by molar-refractivity contribution is 0.103. The summed E-state index contributed by atoms with van der Waals surface area (Å²) in [5, 5.41) is 14.4. The van der Waals surface area contributed by atoms with Crippen LogP contribution in [0.3, 0.4) is 0 Å². The molecule has 1 N–H and O–H groups in total. The first-order valence-corrected chi connectivity index (χ1v) is 12.1. The Kier molecular flexibility index (Phi) is 6.75. The number of hydrogen-bond donors (Lipinski definition) is 1. The van der Waals surface area contributed by atoms with Crippen molar-refractivity contribution in [1.82, 2.24) is 35.2 Å². The Morgan fingerprint density at radius 1 is 1.00 bits per heavy atom. The maximum atomic E-state index is 13.7. The first kappa shape index (κ1) is 23.3. The molecule has 36 heavy (non-hydrogen) atoms. The summed E-state index contributed by atoms with van der Waals surface area (Å²) < 4.78 is 2.18. The fourth-order valence-electron chi connectivity index (χ4n) is 4.41. The molecule has 8 nitrogen and oxygen atoms in total. The quantitative estimate of drug-likeness (QED) is 0.298. The van der Waals surface area contributed by atoms with Crippen LogP contribution < -0.4 is 0 Å². The number of unbranched alkanes of at least 4 members (excludes halogenated alkanes) is 1. The summed E-state index contributed by atoms with van der Waals surface area (Å²) in [6, 6.07) is 19.2. The highest BCUT2D eigenvalue weighted by Crippen LogP contribution is 2.33. The molecule has 3 heterocycles. The molecule has 0 radical (unpaired) electrons. The second-order valence-electron chi connectivity index (χ2n) is 8.75. The van der Waals surface area contributed by atoms with Gasteiger partial charge in [-0.15, -0.1) is 5.10 Å². The van der Waals surface area contributed by atoms with Crippen LogP contribution in [0.4, 0.5) is 0 Å². The third-order valence-electron chi connectivity index (χ3n) is 6.13. The molecule has 0 aliphatic heterocycles. The average molecular weight is 478 g/mol. The van der Waals surface area contributed by atoms with E-state index in [2.05, 4.69) is 49.4 Å². The minimum atomic E-state index is -0.133. The van der Waals surface area contributed by atoms with E-state index in [4.69, 9.17) is 4.98 Å². The maximum absolute atomic E-state index is 13.7. The Bertz CT molecular complexity index is 1470. The molecular weight excluding hydrogens is 450 g/mol. The molecule has 180 valence electrons. The van der Waals surface area contributed by atoms with Gasteiger partial charge in [0.2, 0.25) is 5.78 Å². The van der Waals surface area contributed by atoms with Crippen LogP contribution in [0.1, 0.15) is 52.9 Å². The number of imidazole rings is 1. The van der Waals surface area contributed by atoms with Gasteiger partial charge in [0.05, 0.1) is 5.69 Å². The number of hydrogen-bond acceptors (Lipinski definition) is 6. The standard InChI is InChI=1S/C28H27N7O/c1-3-4-12-26-30-19(2)17-35(26)18-20-13-14-22(24(16-20)27(36)25-11-7-8-15-29-25)21-9-5-6-10-23(21)28-31-33-34-32-28/h5-11,13-17H,3-4,12,18H2,1-2H3,(H,31,32,33,34). The lowest BCUT2D eigenvalue weighted by Crippen LogP contribution is -2.09. The van der Waals surface area contributed by atoms with Gasteiger partial charge in [0.25, 0.3) is 0 Å². The van der Waals surface area contributed by atoms with E-state index in [0.29, 0.717) is 23.6 Å². The molecule has 0 amide bonds. The number of rotatable bonds is 9. The van der Waals surface area contributed by atoms with Crippen LogP contribution >= 0.6 is 0 Å². The van der Waals surface area contributed by atoms with Crippen LogP contribution in [0.15, 0.2) is 73.1 Å². The molecule has 0 spiro atoms. The van der Waals surface area contributed by atoms with Crippen LogP contribution in [0, 0.1) is 6.92 Å². The van der Waals surface area contributed by atoms with Gasteiger partial charge in [-0.1, -0.05) is 55.8 Å². The van der Waals surface area contributed by atoms with Crippen molar-refractivity contribution < 1.29 is 4.79 Å². The molecule has 0 atom stereocenters. The summed E-state index contributed by atoms with van der Waals surface area (Å²) in [5.41, 5.74) is 5.48. The van der Waals surface area contributed by atoms with E-state index in [1.807, 2.05) is 49.4 Å². The first-order valence-electron chi connectivity index (χ1n) is 12.1. The largest absolute Gasteiger partial charge is 0.330 e. The fourth-order valence-corrected chi connectivity index (χ4v) is 4.41. The molecule has 0 unspecified atom stereocenters. The normalized spacial score (nSPS) is 11.1. The van der Waals surface area contributed by atoms with Crippen molar-refractivity contribution in [2.45, 2.75) is 39.7 Å². The van der Waals surface area contributed by atoms with E-state index >= 15 is 0 Å². The molecule has 0 saturated heterocycles. The van der Waals surface area contributed by atoms with Gasteiger partial charge in [-0.3, -0.25) is 9.78 Å². The maximum Gasteiger partial charge on any atom is 0.211 e. The van der Waals surface area contributed by atoms with Crippen molar-refractivity contribution in [1.29, 1.82) is 0 Å². The van der Waals surface area contributed by atoms with Crippen LogP contribution in [0.2, 0.25) is 0 Å². The third-order valence-corrected chi connectivity index (χ3v) is 6.13. The summed E-state index contributed by atoms with van der Waals surface area (Å²) in [5.74, 6) is 1.48. The Balaban J connectivity index is 1.61. The zero-order chi connectivity index (χ0) is 24.9. The molecule has 0 aliphatic carbocycles. The molecule has 0 bridgehead atoms. The van der Waals surface area contributed by atoms with Gasteiger partial charge in [-0.25, -0.2) is 10.1 Å². The number of carbonyl (C=O) groups excluding carboxylic acids is 1.